The summed E-state index contributed by atoms with van der Waals surface area (Å²) < 4.78 is 11.1. The number of nitrogens with one attached hydrogen (secondary N) is 1. The number of ether oxygens (including phenoxy) is 2. The molecule has 0 bridgehead atoms. The minimum absolute atomic E-state index is 0.197. The van der Waals surface area contributed by atoms with Crippen LogP contribution in [-0.2, 0) is 14.3 Å². The molecule has 0 aliphatic carbocycles. The first kappa shape index (κ1) is 42.4. The van der Waals surface area contributed by atoms with Gasteiger partial charge in [-0.05, 0) is 44.9 Å². The van der Waals surface area contributed by atoms with Crippen LogP contribution in [0.5, 0.6) is 0 Å². The van der Waals surface area contributed by atoms with E-state index in [4.69, 9.17) is 9.47 Å². The van der Waals surface area contributed by atoms with Crippen LogP contribution in [0.15, 0.2) is 36.5 Å². The summed E-state index contributed by atoms with van der Waals surface area (Å²) in [5.41, 5.74) is 0. The van der Waals surface area contributed by atoms with E-state index >= 15 is 0 Å². The van der Waals surface area contributed by atoms with Crippen molar-refractivity contribution >= 4 is 5.91 Å². The summed E-state index contributed by atoms with van der Waals surface area (Å²) in [4.78, 5) is 12.8. The second kappa shape index (κ2) is 28.4. The van der Waals surface area contributed by atoms with E-state index in [0.29, 0.717) is 6.42 Å². The lowest BCUT2D eigenvalue weighted by Crippen LogP contribution is -2.60. The third kappa shape index (κ3) is 19.9. The van der Waals surface area contributed by atoms with E-state index in [1.165, 1.54) is 64.2 Å². The average molecular weight is 654 g/mol. The Balaban J connectivity index is 2.54. The highest BCUT2D eigenvalue weighted by Crippen LogP contribution is 2.22. The van der Waals surface area contributed by atoms with Gasteiger partial charge < -0.3 is 40.3 Å². The highest BCUT2D eigenvalue weighted by molar-refractivity contribution is 5.76. The third-order valence-corrected chi connectivity index (χ3v) is 8.45. The minimum Gasteiger partial charge on any atom is -0.394 e. The molecule has 0 saturated carbocycles. The largest absolute Gasteiger partial charge is 0.394 e. The van der Waals surface area contributed by atoms with Crippen LogP contribution in [0.25, 0.3) is 0 Å². The third-order valence-electron chi connectivity index (χ3n) is 8.45. The molecular formula is C37H67NO8. The van der Waals surface area contributed by atoms with Crippen molar-refractivity contribution < 1.29 is 39.8 Å². The van der Waals surface area contributed by atoms with Gasteiger partial charge >= 0.3 is 0 Å². The number of allylic oxidation sites excluding steroid dienone is 5. The normalized spacial score (nSPS) is 23.5. The van der Waals surface area contributed by atoms with Gasteiger partial charge in [-0.1, -0.05) is 121 Å². The molecule has 9 heteroatoms. The molecule has 0 spiro atoms. The maximum atomic E-state index is 12.8. The molecule has 1 aliphatic rings. The number of carbonyl (C=O) groups is 1. The minimum atomic E-state index is -1.57. The topological polar surface area (TPSA) is 149 Å². The van der Waals surface area contributed by atoms with Gasteiger partial charge in [-0.25, -0.2) is 0 Å². The van der Waals surface area contributed by atoms with Crippen LogP contribution in [-0.4, -0.2) is 87.5 Å². The van der Waals surface area contributed by atoms with Crippen molar-refractivity contribution in [2.75, 3.05) is 13.2 Å². The van der Waals surface area contributed by atoms with E-state index in [2.05, 4.69) is 43.5 Å². The maximum Gasteiger partial charge on any atom is 0.220 e. The van der Waals surface area contributed by atoms with Gasteiger partial charge in [0.25, 0.3) is 0 Å². The summed E-state index contributed by atoms with van der Waals surface area (Å²) in [5.74, 6) is -0.197. The molecule has 1 aliphatic heterocycles. The predicted octanol–water partition coefficient (Wildman–Crippen LogP) is 5.77. The fourth-order valence-electron chi connectivity index (χ4n) is 5.42. The molecule has 1 amide bonds. The van der Waals surface area contributed by atoms with Crippen molar-refractivity contribution in [2.24, 2.45) is 0 Å². The smallest absolute Gasteiger partial charge is 0.220 e. The zero-order valence-electron chi connectivity index (χ0n) is 28.8. The molecule has 7 unspecified atom stereocenters. The molecule has 1 saturated heterocycles. The summed E-state index contributed by atoms with van der Waals surface area (Å²) in [6.45, 7) is 3.66. The highest BCUT2D eigenvalue weighted by Gasteiger charge is 2.44. The first-order chi connectivity index (χ1) is 22.3. The number of aliphatic hydroxyl groups excluding tert-OH is 5. The van der Waals surface area contributed by atoms with Crippen LogP contribution in [0.3, 0.4) is 0 Å². The van der Waals surface area contributed by atoms with Crippen LogP contribution in [0.4, 0.5) is 0 Å². The number of carbonyl (C=O) groups excluding carboxylic acids is 1. The number of hydrogen-bond donors (Lipinski definition) is 6. The number of hydrogen-bond acceptors (Lipinski definition) is 8. The van der Waals surface area contributed by atoms with Crippen molar-refractivity contribution in [1.82, 2.24) is 5.32 Å². The summed E-state index contributed by atoms with van der Waals surface area (Å²) in [6.07, 6.45) is 24.8. The number of amides is 1. The fraction of sp³-hybridized carbons (Fsp3) is 0.811. The molecule has 9 nitrogen and oxygen atoms in total. The van der Waals surface area contributed by atoms with Gasteiger partial charge in [0.2, 0.25) is 5.91 Å². The zero-order valence-corrected chi connectivity index (χ0v) is 28.8. The van der Waals surface area contributed by atoms with Crippen LogP contribution >= 0.6 is 0 Å². The lowest BCUT2D eigenvalue weighted by atomic mass is 9.99. The second-order valence-corrected chi connectivity index (χ2v) is 12.6. The molecule has 268 valence electrons. The Morgan fingerprint density at radius 3 is 1.83 bits per heavy atom. The Morgan fingerprint density at radius 2 is 1.24 bits per heavy atom. The standard InChI is InChI=1S/C37H67NO8/c1-3-5-7-9-11-13-15-16-17-18-20-22-24-26-31(40)30(29-45-37-36(44)35(43)34(42)32(28-39)46-37)38-33(41)27-25-23-21-19-14-12-10-8-6-4-2/h11,13,17-18,24,26,30-32,34-37,39-40,42-44H,3-10,12,14-16,19-23,25,27-29H2,1-2H3,(H,38,41)/b13-11+,18-17+,26-24+. The Kier molecular flexibility index (Phi) is 26.2. The summed E-state index contributed by atoms with van der Waals surface area (Å²) in [5, 5.41) is 53.7. The van der Waals surface area contributed by atoms with Crippen molar-refractivity contribution in [3.05, 3.63) is 36.5 Å². The van der Waals surface area contributed by atoms with E-state index < -0.39 is 49.5 Å². The quantitative estimate of drug-likeness (QED) is 0.0461. The predicted molar refractivity (Wildman–Crippen MR) is 184 cm³/mol. The van der Waals surface area contributed by atoms with Crippen molar-refractivity contribution in [3.8, 4) is 0 Å². The molecule has 7 atom stereocenters. The molecule has 0 aromatic heterocycles. The molecule has 1 fully saturated rings. The van der Waals surface area contributed by atoms with Gasteiger partial charge in [0.15, 0.2) is 6.29 Å². The van der Waals surface area contributed by atoms with Crippen LogP contribution in [0.2, 0.25) is 0 Å². The zero-order chi connectivity index (χ0) is 33.8. The second-order valence-electron chi connectivity index (χ2n) is 12.6. The van der Waals surface area contributed by atoms with Gasteiger partial charge in [0, 0.05) is 6.42 Å². The summed E-state index contributed by atoms with van der Waals surface area (Å²) in [6, 6.07) is -0.820. The molecule has 1 rings (SSSR count). The molecular weight excluding hydrogens is 586 g/mol. The molecule has 6 N–H and O–H groups in total. The Bertz CT molecular complexity index is 817. The molecule has 46 heavy (non-hydrogen) atoms. The number of unbranched alkanes of at least 4 members (excludes halogenated alkanes) is 14. The Morgan fingerprint density at radius 1 is 0.717 bits per heavy atom. The SMILES string of the molecule is CCCCC/C=C/CC/C=C/CC/C=C/C(O)C(COC1OC(CO)C(O)C(O)C1O)NC(=O)CCCCCCCCCCCC. The first-order valence-electron chi connectivity index (χ1n) is 18.2. The van der Waals surface area contributed by atoms with E-state index in [0.717, 1.165) is 51.4 Å². The molecule has 0 aromatic rings. The van der Waals surface area contributed by atoms with Crippen LogP contribution < -0.4 is 5.32 Å². The van der Waals surface area contributed by atoms with Crippen LogP contribution in [0, 0.1) is 0 Å². The average Bonchev–Trinajstić information content (AvgIpc) is 3.05. The summed E-state index contributed by atoms with van der Waals surface area (Å²) in [7, 11) is 0. The molecule has 0 aromatic carbocycles. The Labute approximate surface area is 279 Å². The van der Waals surface area contributed by atoms with E-state index in [-0.39, 0.29) is 12.5 Å². The fourth-order valence-corrected chi connectivity index (χ4v) is 5.42. The van der Waals surface area contributed by atoms with Crippen LogP contribution in [0.1, 0.15) is 136 Å². The Hall–Kier alpha value is -1.59. The number of aliphatic hydroxyl groups is 5. The van der Waals surface area contributed by atoms with Crippen molar-refractivity contribution in [1.29, 1.82) is 0 Å². The highest BCUT2D eigenvalue weighted by atomic mass is 16.7. The van der Waals surface area contributed by atoms with E-state index in [1.54, 1.807) is 6.08 Å². The van der Waals surface area contributed by atoms with Gasteiger partial charge in [0.05, 0.1) is 25.4 Å². The maximum absolute atomic E-state index is 12.8. The first-order valence-corrected chi connectivity index (χ1v) is 18.2. The van der Waals surface area contributed by atoms with Gasteiger partial charge in [-0.2, -0.15) is 0 Å². The van der Waals surface area contributed by atoms with E-state index in [9.17, 15) is 30.3 Å². The summed E-state index contributed by atoms with van der Waals surface area (Å²) >= 11 is 0. The monoisotopic (exact) mass is 653 g/mol. The van der Waals surface area contributed by atoms with Gasteiger partial charge in [-0.15, -0.1) is 0 Å². The van der Waals surface area contributed by atoms with Crippen molar-refractivity contribution in [3.63, 3.8) is 0 Å². The van der Waals surface area contributed by atoms with Crippen molar-refractivity contribution in [2.45, 2.75) is 179 Å². The van der Waals surface area contributed by atoms with E-state index in [1.807, 2.05) is 6.08 Å². The molecule has 1 heterocycles. The van der Waals surface area contributed by atoms with Gasteiger partial charge in [0.1, 0.15) is 24.4 Å². The lowest BCUT2D eigenvalue weighted by molar-refractivity contribution is -0.302. The lowest BCUT2D eigenvalue weighted by Gasteiger charge is -2.40. The molecule has 0 radical (unpaired) electrons. The number of rotatable bonds is 28. The van der Waals surface area contributed by atoms with Gasteiger partial charge in [-0.3, -0.25) is 4.79 Å².